The van der Waals surface area contributed by atoms with E-state index in [-0.39, 0.29) is 11.8 Å². The average molecular weight is 321 g/mol. The molecular formula is C16H19NO2S2. The van der Waals surface area contributed by atoms with Gasteiger partial charge in [-0.05, 0) is 35.4 Å². The number of rotatable bonds is 4. The number of benzene rings is 1. The fourth-order valence-electron chi connectivity index (χ4n) is 3.00. The smallest absolute Gasteiger partial charge is 0.212 e. The summed E-state index contributed by atoms with van der Waals surface area (Å²) in [6, 6.07) is 11.5. The van der Waals surface area contributed by atoms with E-state index in [1.165, 1.54) is 10.4 Å². The molecule has 3 rings (SSSR count). The molecule has 0 aliphatic carbocycles. The molecule has 0 spiro atoms. The molecule has 0 radical (unpaired) electrons. The van der Waals surface area contributed by atoms with Crippen molar-refractivity contribution in [3.05, 3.63) is 57.8 Å². The topological polar surface area (TPSA) is 37.4 Å². The summed E-state index contributed by atoms with van der Waals surface area (Å²) in [4.78, 5) is 1.34. The van der Waals surface area contributed by atoms with Crippen molar-refractivity contribution in [1.29, 1.82) is 0 Å². The first kappa shape index (κ1) is 14.8. The summed E-state index contributed by atoms with van der Waals surface area (Å²) in [6.45, 7) is 2.66. The van der Waals surface area contributed by atoms with Crippen LogP contribution in [0.1, 0.15) is 35.4 Å². The van der Waals surface area contributed by atoms with Crippen LogP contribution in [-0.2, 0) is 22.2 Å². The van der Waals surface area contributed by atoms with Gasteiger partial charge in [-0.25, -0.2) is 8.42 Å². The van der Waals surface area contributed by atoms with E-state index in [0.29, 0.717) is 6.54 Å². The third kappa shape index (κ3) is 2.91. The van der Waals surface area contributed by atoms with Crippen LogP contribution < -0.4 is 0 Å². The summed E-state index contributed by atoms with van der Waals surface area (Å²) in [5.74, 6) is 0.0871. The predicted molar refractivity (Wildman–Crippen MR) is 86.8 cm³/mol. The monoisotopic (exact) mass is 321 g/mol. The largest absolute Gasteiger partial charge is 0.218 e. The molecule has 21 heavy (non-hydrogen) atoms. The van der Waals surface area contributed by atoms with E-state index in [0.717, 1.165) is 18.4 Å². The molecule has 112 valence electrons. The second-order valence-corrected chi connectivity index (χ2v) is 8.25. The highest BCUT2D eigenvalue weighted by molar-refractivity contribution is 7.88. The van der Waals surface area contributed by atoms with Crippen LogP contribution in [0.4, 0.5) is 0 Å². The van der Waals surface area contributed by atoms with Gasteiger partial charge in [0.15, 0.2) is 0 Å². The Hall–Kier alpha value is -1.17. The lowest BCUT2D eigenvalue weighted by Crippen LogP contribution is -2.39. The highest BCUT2D eigenvalue weighted by Crippen LogP contribution is 2.37. The molecule has 0 amide bonds. The number of hydrogen-bond donors (Lipinski definition) is 0. The molecule has 0 fully saturated rings. The van der Waals surface area contributed by atoms with Crippen LogP contribution in [0, 0.1) is 0 Å². The average Bonchev–Trinajstić information content (AvgIpc) is 2.95. The first-order valence-electron chi connectivity index (χ1n) is 7.21. The van der Waals surface area contributed by atoms with Gasteiger partial charge in [0.05, 0.1) is 11.8 Å². The minimum atomic E-state index is -3.28. The Bertz CT molecular complexity index is 707. The van der Waals surface area contributed by atoms with Gasteiger partial charge in [0.25, 0.3) is 0 Å². The van der Waals surface area contributed by atoms with E-state index < -0.39 is 10.0 Å². The first-order valence-corrected chi connectivity index (χ1v) is 9.70. The van der Waals surface area contributed by atoms with Gasteiger partial charge in [-0.15, -0.1) is 11.3 Å². The molecule has 5 heteroatoms. The van der Waals surface area contributed by atoms with Gasteiger partial charge in [-0.1, -0.05) is 37.3 Å². The lowest BCUT2D eigenvalue weighted by atomic mass is 10.0. The van der Waals surface area contributed by atoms with Gasteiger partial charge in [-0.2, -0.15) is 4.31 Å². The Balaban J connectivity index is 1.89. The zero-order chi connectivity index (χ0) is 14.9. The molecule has 0 saturated heterocycles. The van der Waals surface area contributed by atoms with E-state index in [1.807, 2.05) is 30.3 Å². The van der Waals surface area contributed by atoms with Crippen LogP contribution in [0.3, 0.4) is 0 Å². The van der Waals surface area contributed by atoms with Crippen molar-refractivity contribution in [3.63, 3.8) is 0 Å². The SMILES string of the molecule is CCC1c2ccsc2CCN1S(=O)(=O)Cc1ccccc1. The van der Waals surface area contributed by atoms with Crippen molar-refractivity contribution < 1.29 is 8.42 Å². The van der Waals surface area contributed by atoms with Gasteiger partial charge in [0.1, 0.15) is 0 Å². The summed E-state index contributed by atoms with van der Waals surface area (Å²) >= 11 is 1.74. The van der Waals surface area contributed by atoms with Crippen molar-refractivity contribution in [3.8, 4) is 0 Å². The third-order valence-electron chi connectivity index (χ3n) is 3.98. The molecular weight excluding hydrogens is 302 g/mol. The quantitative estimate of drug-likeness (QED) is 0.863. The van der Waals surface area contributed by atoms with Crippen LogP contribution in [0.5, 0.6) is 0 Å². The van der Waals surface area contributed by atoms with Crippen molar-refractivity contribution in [2.24, 2.45) is 0 Å². The van der Waals surface area contributed by atoms with Gasteiger partial charge >= 0.3 is 0 Å². The number of fused-ring (bicyclic) bond motifs is 1. The van der Waals surface area contributed by atoms with E-state index in [2.05, 4.69) is 18.4 Å². The maximum absolute atomic E-state index is 12.8. The van der Waals surface area contributed by atoms with Gasteiger partial charge in [0, 0.05) is 11.4 Å². The third-order valence-corrected chi connectivity index (χ3v) is 6.83. The maximum atomic E-state index is 12.8. The molecule has 3 nitrogen and oxygen atoms in total. The van der Waals surface area contributed by atoms with E-state index in [9.17, 15) is 8.42 Å². The van der Waals surface area contributed by atoms with E-state index >= 15 is 0 Å². The molecule has 2 heterocycles. The summed E-state index contributed by atoms with van der Waals surface area (Å²) in [5.41, 5.74) is 2.05. The molecule has 1 aromatic carbocycles. The summed E-state index contributed by atoms with van der Waals surface area (Å²) in [7, 11) is -3.28. The second-order valence-electron chi connectivity index (χ2n) is 5.33. The minimum Gasteiger partial charge on any atom is -0.212 e. The summed E-state index contributed by atoms with van der Waals surface area (Å²) in [6.07, 6.45) is 1.65. The Morgan fingerprint density at radius 2 is 2.00 bits per heavy atom. The Morgan fingerprint density at radius 3 is 2.71 bits per heavy atom. The maximum Gasteiger partial charge on any atom is 0.218 e. The zero-order valence-electron chi connectivity index (χ0n) is 12.0. The molecule has 0 N–H and O–H groups in total. The van der Waals surface area contributed by atoms with Crippen LogP contribution in [-0.4, -0.2) is 19.3 Å². The van der Waals surface area contributed by atoms with E-state index in [1.54, 1.807) is 15.6 Å². The Labute approximate surface area is 130 Å². The van der Waals surface area contributed by atoms with E-state index in [4.69, 9.17) is 0 Å². The first-order chi connectivity index (χ1) is 10.1. The zero-order valence-corrected chi connectivity index (χ0v) is 13.7. The van der Waals surface area contributed by atoms with Crippen molar-refractivity contribution in [2.75, 3.05) is 6.54 Å². The van der Waals surface area contributed by atoms with Gasteiger partial charge < -0.3 is 0 Å². The molecule has 1 aliphatic rings. The Morgan fingerprint density at radius 1 is 1.24 bits per heavy atom. The summed E-state index contributed by atoms with van der Waals surface area (Å²) < 4.78 is 27.3. The van der Waals surface area contributed by atoms with Gasteiger partial charge in [-0.3, -0.25) is 0 Å². The highest BCUT2D eigenvalue weighted by atomic mass is 32.2. The lowest BCUT2D eigenvalue weighted by Gasteiger charge is -2.34. The number of sulfonamides is 1. The normalized spacial score (nSPS) is 19.4. The fourth-order valence-corrected chi connectivity index (χ4v) is 5.73. The van der Waals surface area contributed by atoms with Crippen molar-refractivity contribution >= 4 is 21.4 Å². The van der Waals surface area contributed by atoms with Gasteiger partial charge in [0.2, 0.25) is 10.0 Å². The molecule has 1 aromatic heterocycles. The number of nitrogens with zero attached hydrogens (tertiary/aromatic N) is 1. The van der Waals surface area contributed by atoms with Crippen LogP contribution in [0.25, 0.3) is 0 Å². The predicted octanol–water partition coefficient (Wildman–Crippen LogP) is 3.59. The van der Waals surface area contributed by atoms with Crippen molar-refractivity contribution in [1.82, 2.24) is 4.31 Å². The molecule has 0 saturated carbocycles. The second kappa shape index (κ2) is 5.91. The highest BCUT2D eigenvalue weighted by Gasteiger charge is 2.34. The number of thiophene rings is 1. The Kier molecular flexibility index (Phi) is 4.15. The molecule has 2 aromatic rings. The van der Waals surface area contributed by atoms with Crippen LogP contribution in [0.15, 0.2) is 41.8 Å². The van der Waals surface area contributed by atoms with Crippen LogP contribution in [0.2, 0.25) is 0 Å². The summed E-state index contributed by atoms with van der Waals surface area (Å²) in [5, 5.41) is 2.07. The minimum absolute atomic E-state index is 0.00582. The standard InChI is InChI=1S/C16H19NO2S2/c1-2-15-14-9-11-20-16(14)8-10-17(15)21(18,19)12-13-6-4-3-5-7-13/h3-7,9,11,15H,2,8,10,12H2,1H3. The fraction of sp³-hybridized carbons (Fsp3) is 0.375. The molecule has 1 atom stereocenters. The van der Waals surface area contributed by atoms with Crippen molar-refractivity contribution in [2.45, 2.75) is 31.6 Å². The molecule has 1 unspecified atom stereocenters. The van der Waals surface area contributed by atoms with Crippen LogP contribution >= 0.6 is 11.3 Å². The molecule has 1 aliphatic heterocycles. The lowest BCUT2D eigenvalue weighted by molar-refractivity contribution is 0.303. The molecule has 0 bridgehead atoms. The number of hydrogen-bond acceptors (Lipinski definition) is 3.